The second kappa shape index (κ2) is 7.53. The molecule has 0 saturated heterocycles. The first-order chi connectivity index (χ1) is 7.39. The lowest BCUT2D eigenvalue weighted by atomic mass is 10.1. The quantitative estimate of drug-likeness (QED) is 0.702. The van der Waals surface area contributed by atoms with Crippen LogP contribution in [0.1, 0.15) is 66.7 Å². The van der Waals surface area contributed by atoms with Gasteiger partial charge in [0.2, 0.25) is 0 Å². The van der Waals surface area contributed by atoms with E-state index in [-0.39, 0.29) is 12.1 Å². The monoisotopic (exact) mass is 229 g/mol. The molecule has 0 spiro atoms. The number of carbonyl (C=O) groups excluding carboxylic acids is 1. The van der Waals surface area contributed by atoms with Gasteiger partial charge in [-0.3, -0.25) is 0 Å². The lowest BCUT2D eigenvalue weighted by Crippen LogP contribution is -2.38. The van der Waals surface area contributed by atoms with Crippen molar-refractivity contribution in [3.05, 3.63) is 0 Å². The summed E-state index contributed by atoms with van der Waals surface area (Å²) in [6.07, 6.45) is 5.32. The second-order valence-electron chi connectivity index (χ2n) is 5.25. The van der Waals surface area contributed by atoms with Crippen LogP contribution in [0.3, 0.4) is 0 Å². The molecule has 0 radical (unpaired) electrons. The fraction of sp³-hybridized carbons (Fsp3) is 0.923. The van der Waals surface area contributed by atoms with Gasteiger partial charge in [0.05, 0.1) is 0 Å². The Labute approximate surface area is 99.9 Å². The lowest BCUT2D eigenvalue weighted by molar-refractivity contribution is 0.0500. The summed E-state index contributed by atoms with van der Waals surface area (Å²) in [5.74, 6) is 0. The molecule has 1 amide bonds. The largest absolute Gasteiger partial charge is 0.444 e. The summed E-state index contributed by atoms with van der Waals surface area (Å²) in [6.45, 7) is 9.91. The molecule has 0 aromatic carbocycles. The molecule has 3 nitrogen and oxygen atoms in total. The normalized spacial score (nSPS) is 13.3. The van der Waals surface area contributed by atoms with Gasteiger partial charge >= 0.3 is 6.09 Å². The zero-order chi connectivity index (χ0) is 12.6. The van der Waals surface area contributed by atoms with E-state index in [1.165, 1.54) is 19.3 Å². The number of hydrogen-bond acceptors (Lipinski definition) is 2. The highest BCUT2D eigenvalue weighted by Crippen LogP contribution is 2.10. The fourth-order valence-corrected chi connectivity index (χ4v) is 1.49. The Morgan fingerprint density at radius 2 is 1.88 bits per heavy atom. The number of alkyl carbamates (subject to hydrolysis) is 1. The third-order valence-electron chi connectivity index (χ3n) is 2.37. The Morgan fingerprint density at radius 3 is 2.31 bits per heavy atom. The molecule has 96 valence electrons. The highest BCUT2D eigenvalue weighted by atomic mass is 16.6. The van der Waals surface area contributed by atoms with Crippen molar-refractivity contribution in [3.8, 4) is 0 Å². The van der Waals surface area contributed by atoms with E-state index < -0.39 is 5.60 Å². The maximum absolute atomic E-state index is 11.5. The van der Waals surface area contributed by atoms with E-state index in [0.29, 0.717) is 0 Å². The first-order valence-electron chi connectivity index (χ1n) is 6.38. The van der Waals surface area contributed by atoms with Crippen LogP contribution in [0, 0.1) is 0 Å². The number of hydrogen-bond donors (Lipinski definition) is 1. The van der Waals surface area contributed by atoms with Gasteiger partial charge in [0.15, 0.2) is 0 Å². The van der Waals surface area contributed by atoms with Crippen LogP contribution in [0.5, 0.6) is 0 Å². The summed E-state index contributed by atoms with van der Waals surface area (Å²) < 4.78 is 5.23. The van der Waals surface area contributed by atoms with Crippen LogP contribution in [0.15, 0.2) is 0 Å². The van der Waals surface area contributed by atoms with Crippen molar-refractivity contribution in [1.82, 2.24) is 5.32 Å². The van der Waals surface area contributed by atoms with Crippen LogP contribution >= 0.6 is 0 Å². The van der Waals surface area contributed by atoms with Crippen LogP contribution < -0.4 is 5.32 Å². The lowest BCUT2D eigenvalue weighted by Gasteiger charge is -2.23. The van der Waals surface area contributed by atoms with Gasteiger partial charge in [-0.1, -0.05) is 33.1 Å². The van der Waals surface area contributed by atoms with Gasteiger partial charge in [0.25, 0.3) is 0 Å². The number of amides is 1. The summed E-state index contributed by atoms with van der Waals surface area (Å²) in [4.78, 5) is 11.5. The fourth-order valence-electron chi connectivity index (χ4n) is 1.49. The Balaban J connectivity index is 3.88. The molecule has 0 rings (SSSR count). The van der Waals surface area contributed by atoms with Crippen molar-refractivity contribution in [2.24, 2.45) is 0 Å². The number of nitrogens with one attached hydrogen (secondary N) is 1. The van der Waals surface area contributed by atoms with E-state index in [9.17, 15) is 4.79 Å². The summed E-state index contributed by atoms with van der Waals surface area (Å²) in [5, 5.41) is 2.92. The summed E-state index contributed by atoms with van der Waals surface area (Å²) in [6, 6.07) is 0.251. The van der Waals surface area contributed by atoms with E-state index in [1.807, 2.05) is 20.8 Å². The highest BCUT2D eigenvalue weighted by molar-refractivity contribution is 5.68. The highest BCUT2D eigenvalue weighted by Gasteiger charge is 2.18. The Hall–Kier alpha value is -0.730. The van der Waals surface area contributed by atoms with Crippen LogP contribution in [0.4, 0.5) is 4.79 Å². The van der Waals surface area contributed by atoms with Crippen LogP contribution in [-0.2, 0) is 4.74 Å². The molecule has 0 aliphatic heterocycles. The first-order valence-corrected chi connectivity index (χ1v) is 6.38. The average molecular weight is 229 g/mol. The van der Waals surface area contributed by atoms with E-state index >= 15 is 0 Å². The van der Waals surface area contributed by atoms with Crippen molar-refractivity contribution >= 4 is 6.09 Å². The van der Waals surface area contributed by atoms with Crippen LogP contribution in [0.2, 0.25) is 0 Å². The minimum absolute atomic E-state index is 0.251. The minimum atomic E-state index is -0.411. The molecule has 0 bridgehead atoms. The standard InChI is InChI=1S/C13H27NO2/c1-6-8-9-10-11(7-2)14-12(15)16-13(3,4)5/h11H,6-10H2,1-5H3,(H,14,15). The van der Waals surface area contributed by atoms with Crippen LogP contribution in [0.25, 0.3) is 0 Å². The van der Waals surface area contributed by atoms with E-state index in [1.54, 1.807) is 0 Å². The minimum Gasteiger partial charge on any atom is -0.444 e. The van der Waals surface area contributed by atoms with Gasteiger partial charge in [-0.25, -0.2) is 4.79 Å². The first kappa shape index (κ1) is 15.3. The SMILES string of the molecule is CCCCCC(CC)NC(=O)OC(C)(C)C. The molecular formula is C13H27NO2. The smallest absolute Gasteiger partial charge is 0.407 e. The summed E-state index contributed by atoms with van der Waals surface area (Å²) >= 11 is 0. The number of rotatable bonds is 6. The van der Waals surface area contributed by atoms with Crippen molar-refractivity contribution in [2.45, 2.75) is 78.4 Å². The Morgan fingerprint density at radius 1 is 1.25 bits per heavy atom. The van der Waals surface area contributed by atoms with Crippen LogP contribution in [-0.4, -0.2) is 17.7 Å². The zero-order valence-corrected chi connectivity index (χ0v) is 11.4. The van der Waals surface area contributed by atoms with Gasteiger partial charge in [-0.2, -0.15) is 0 Å². The third kappa shape index (κ3) is 8.57. The van der Waals surface area contributed by atoms with E-state index in [2.05, 4.69) is 19.2 Å². The molecule has 0 saturated carbocycles. The number of unbranched alkanes of at least 4 members (excludes halogenated alkanes) is 2. The van der Waals surface area contributed by atoms with E-state index in [0.717, 1.165) is 12.8 Å². The van der Waals surface area contributed by atoms with E-state index in [4.69, 9.17) is 4.74 Å². The van der Waals surface area contributed by atoms with Gasteiger partial charge in [0, 0.05) is 6.04 Å². The average Bonchev–Trinajstić information content (AvgIpc) is 2.13. The van der Waals surface area contributed by atoms with Crippen molar-refractivity contribution in [2.75, 3.05) is 0 Å². The predicted molar refractivity (Wildman–Crippen MR) is 67.6 cm³/mol. The molecule has 0 aromatic rings. The third-order valence-corrected chi connectivity index (χ3v) is 2.37. The molecule has 0 aromatic heterocycles. The van der Waals surface area contributed by atoms with Crippen molar-refractivity contribution in [1.29, 1.82) is 0 Å². The molecule has 0 heterocycles. The molecular weight excluding hydrogens is 202 g/mol. The molecule has 0 aliphatic rings. The maximum atomic E-state index is 11.5. The molecule has 1 atom stereocenters. The van der Waals surface area contributed by atoms with Crippen molar-refractivity contribution < 1.29 is 9.53 Å². The molecule has 16 heavy (non-hydrogen) atoms. The van der Waals surface area contributed by atoms with Gasteiger partial charge < -0.3 is 10.1 Å². The predicted octanol–water partition coefficient (Wildman–Crippen LogP) is 3.87. The molecule has 0 aliphatic carbocycles. The number of carbonyl (C=O) groups is 1. The summed E-state index contributed by atoms with van der Waals surface area (Å²) in [5.41, 5.74) is -0.411. The van der Waals surface area contributed by atoms with Gasteiger partial charge in [0.1, 0.15) is 5.60 Å². The topological polar surface area (TPSA) is 38.3 Å². The second-order valence-corrected chi connectivity index (χ2v) is 5.25. The zero-order valence-electron chi connectivity index (χ0n) is 11.4. The summed E-state index contributed by atoms with van der Waals surface area (Å²) in [7, 11) is 0. The van der Waals surface area contributed by atoms with Gasteiger partial charge in [-0.05, 0) is 33.6 Å². The molecule has 0 fully saturated rings. The molecule has 1 N–H and O–H groups in total. The Kier molecular flexibility index (Phi) is 7.18. The van der Waals surface area contributed by atoms with Gasteiger partial charge in [-0.15, -0.1) is 0 Å². The van der Waals surface area contributed by atoms with Crippen molar-refractivity contribution in [3.63, 3.8) is 0 Å². The number of ether oxygens (including phenoxy) is 1. The molecule has 3 heteroatoms. The maximum Gasteiger partial charge on any atom is 0.407 e. The molecule has 1 unspecified atom stereocenters. The Bertz CT molecular complexity index is 197.